The molecule has 0 bridgehead atoms. The van der Waals surface area contributed by atoms with Crippen LogP contribution < -0.4 is 10.6 Å². The van der Waals surface area contributed by atoms with Gasteiger partial charge in [0.25, 0.3) is 0 Å². The van der Waals surface area contributed by atoms with Crippen LogP contribution in [-0.2, 0) is 19.1 Å². The van der Waals surface area contributed by atoms with Crippen molar-refractivity contribution in [1.29, 1.82) is 0 Å². The van der Waals surface area contributed by atoms with E-state index in [1.807, 2.05) is 0 Å². The number of carbonyl (C=O) groups excluding carboxylic acids is 3. The van der Waals surface area contributed by atoms with E-state index in [1.165, 1.54) is 0 Å². The zero-order valence-corrected chi connectivity index (χ0v) is 14.5. The summed E-state index contributed by atoms with van der Waals surface area (Å²) in [5, 5.41) is 5.38. The van der Waals surface area contributed by atoms with Crippen LogP contribution in [0.25, 0.3) is 0 Å². The van der Waals surface area contributed by atoms with Crippen LogP contribution in [0.1, 0.15) is 53.4 Å². The van der Waals surface area contributed by atoms with Gasteiger partial charge in [-0.05, 0) is 53.4 Å². The van der Waals surface area contributed by atoms with Crippen molar-refractivity contribution in [1.82, 2.24) is 10.6 Å². The fourth-order valence-electron chi connectivity index (χ4n) is 2.57. The number of hydrogen-bond acceptors (Lipinski definition) is 5. The SMILES string of the molecule is CCOC(=O)C1(CCCNC(=O)OC(C)(C)C)CCCNC1=O. The van der Waals surface area contributed by atoms with Gasteiger partial charge in [0.1, 0.15) is 11.0 Å². The zero-order valence-electron chi connectivity index (χ0n) is 14.5. The van der Waals surface area contributed by atoms with Gasteiger partial charge in [0.05, 0.1) is 6.61 Å². The van der Waals surface area contributed by atoms with Crippen LogP contribution in [0.4, 0.5) is 4.79 Å². The number of ether oxygens (including phenoxy) is 2. The Morgan fingerprint density at radius 2 is 2.04 bits per heavy atom. The molecule has 0 aromatic carbocycles. The lowest BCUT2D eigenvalue weighted by atomic mass is 9.76. The molecule has 0 spiro atoms. The summed E-state index contributed by atoms with van der Waals surface area (Å²) in [6.45, 7) is 8.23. The van der Waals surface area contributed by atoms with Gasteiger partial charge < -0.3 is 20.1 Å². The molecule has 7 heteroatoms. The Hall–Kier alpha value is -1.79. The smallest absolute Gasteiger partial charge is 0.407 e. The van der Waals surface area contributed by atoms with Gasteiger partial charge in [-0.3, -0.25) is 9.59 Å². The van der Waals surface area contributed by atoms with E-state index in [-0.39, 0.29) is 12.5 Å². The maximum atomic E-state index is 12.3. The highest BCUT2D eigenvalue weighted by atomic mass is 16.6. The van der Waals surface area contributed by atoms with Crippen molar-refractivity contribution in [2.24, 2.45) is 5.41 Å². The minimum Gasteiger partial charge on any atom is -0.465 e. The second kappa shape index (κ2) is 8.17. The van der Waals surface area contributed by atoms with Gasteiger partial charge in [-0.2, -0.15) is 0 Å². The van der Waals surface area contributed by atoms with Crippen LogP contribution in [0.3, 0.4) is 0 Å². The second-order valence-corrected chi connectivity index (χ2v) is 6.69. The molecule has 1 aliphatic rings. The molecule has 0 aromatic heterocycles. The Balaban J connectivity index is 2.54. The van der Waals surface area contributed by atoms with Gasteiger partial charge in [-0.1, -0.05) is 0 Å². The first-order chi connectivity index (χ1) is 10.7. The molecule has 1 unspecified atom stereocenters. The summed E-state index contributed by atoms with van der Waals surface area (Å²) < 4.78 is 10.2. The summed E-state index contributed by atoms with van der Waals surface area (Å²) in [7, 11) is 0. The Morgan fingerprint density at radius 3 is 2.61 bits per heavy atom. The summed E-state index contributed by atoms with van der Waals surface area (Å²) >= 11 is 0. The number of carbonyl (C=O) groups is 3. The second-order valence-electron chi connectivity index (χ2n) is 6.69. The predicted octanol–water partition coefficient (Wildman–Crippen LogP) is 1.75. The third-order valence-corrected chi connectivity index (χ3v) is 3.62. The number of alkyl carbamates (subject to hydrolysis) is 1. The first kappa shape index (κ1) is 19.3. The Morgan fingerprint density at radius 1 is 1.35 bits per heavy atom. The van der Waals surface area contributed by atoms with Crippen molar-refractivity contribution in [2.75, 3.05) is 19.7 Å². The van der Waals surface area contributed by atoms with E-state index >= 15 is 0 Å². The summed E-state index contributed by atoms with van der Waals surface area (Å²) in [4.78, 5) is 36.1. The minimum absolute atomic E-state index is 0.240. The highest BCUT2D eigenvalue weighted by Crippen LogP contribution is 2.34. The summed E-state index contributed by atoms with van der Waals surface area (Å²) in [6.07, 6.45) is 1.54. The minimum atomic E-state index is -1.14. The standard InChI is InChI=1S/C16H28N2O5/c1-5-22-13(20)16(8-6-10-17-12(16)19)9-7-11-18-14(21)23-15(2,3)4/h5-11H2,1-4H3,(H,17,19)(H,18,21). The van der Waals surface area contributed by atoms with Gasteiger partial charge in [0.2, 0.25) is 5.91 Å². The predicted molar refractivity (Wildman–Crippen MR) is 84.8 cm³/mol. The van der Waals surface area contributed by atoms with Crippen molar-refractivity contribution < 1.29 is 23.9 Å². The molecular formula is C16H28N2O5. The maximum absolute atomic E-state index is 12.3. The fourth-order valence-corrected chi connectivity index (χ4v) is 2.57. The Labute approximate surface area is 137 Å². The van der Waals surface area contributed by atoms with E-state index < -0.39 is 23.1 Å². The van der Waals surface area contributed by atoms with Crippen LogP contribution in [0.5, 0.6) is 0 Å². The van der Waals surface area contributed by atoms with Gasteiger partial charge in [-0.15, -0.1) is 0 Å². The molecule has 0 aromatic rings. The molecule has 1 aliphatic heterocycles. The average molecular weight is 328 g/mol. The number of rotatable bonds is 6. The molecule has 1 atom stereocenters. The Kier molecular flexibility index (Phi) is 6.84. The lowest BCUT2D eigenvalue weighted by Crippen LogP contribution is -2.51. The largest absolute Gasteiger partial charge is 0.465 e. The number of esters is 1. The molecule has 1 saturated heterocycles. The monoisotopic (exact) mass is 328 g/mol. The summed E-state index contributed by atoms with van der Waals surface area (Å²) in [5.74, 6) is -0.756. The highest BCUT2D eigenvalue weighted by Gasteiger charge is 2.47. The Bertz CT molecular complexity index is 444. The molecule has 7 nitrogen and oxygen atoms in total. The lowest BCUT2D eigenvalue weighted by Gasteiger charge is -2.33. The first-order valence-corrected chi connectivity index (χ1v) is 8.13. The summed E-state index contributed by atoms with van der Waals surface area (Å²) in [6, 6.07) is 0. The van der Waals surface area contributed by atoms with Crippen LogP contribution in [0, 0.1) is 5.41 Å². The number of hydrogen-bond donors (Lipinski definition) is 2. The molecule has 1 fully saturated rings. The highest BCUT2D eigenvalue weighted by molar-refractivity contribution is 6.03. The summed E-state index contributed by atoms with van der Waals surface area (Å²) in [5.41, 5.74) is -1.69. The van der Waals surface area contributed by atoms with Crippen LogP contribution in [-0.4, -0.2) is 43.3 Å². The molecule has 2 N–H and O–H groups in total. The van der Waals surface area contributed by atoms with E-state index in [4.69, 9.17) is 9.47 Å². The van der Waals surface area contributed by atoms with Crippen molar-refractivity contribution in [3.63, 3.8) is 0 Å². The van der Waals surface area contributed by atoms with Gasteiger partial charge >= 0.3 is 12.1 Å². The van der Waals surface area contributed by atoms with Gasteiger partial charge in [0, 0.05) is 13.1 Å². The van der Waals surface area contributed by atoms with E-state index in [9.17, 15) is 14.4 Å². The van der Waals surface area contributed by atoms with E-state index in [1.54, 1.807) is 27.7 Å². The van der Waals surface area contributed by atoms with Gasteiger partial charge in [-0.25, -0.2) is 4.79 Å². The first-order valence-electron chi connectivity index (χ1n) is 8.13. The van der Waals surface area contributed by atoms with Crippen LogP contribution in [0.15, 0.2) is 0 Å². The van der Waals surface area contributed by atoms with Gasteiger partial charge in [0.15, 0.2) is 0 Å². The number of nitrogens with one attached hydrogen (secondary N) is 2. The molecule has 0 saturated carbocycles. The van der Waals surface area contributed by atoms with Crippen molar-refractivity contribution in [3.05, 3.63) is 0 Å². The third-order valence-electron chi connectivity index (χ3n) is 3.62. The molecule has 0 aliphatic carbocycles. The van der Waals surface area contributed by atoms with E-state index in [2.05, 4.69) is 10.6 Å². The van der Waals surface area contributed by atoms with Crippen LogP contribution >= 0.6 is 0 Å². The molecule has 1 heterocycles. The molecular weight excluding hydrogens is 300 g/mol. The number of piperidine rings is 1. The van der Waals surface area contributed by atoms with Crippen molar-refractivity contribution in [2.45, 2.75) is 59.0 Å². The van der Waals surface area contributed by atoms with Crippen LogP contribution in [0.2, 0.25) is 0 Å². The number of amides is 2. The molecule has 23 heavy (non-hydrogen) atoms. The van der Waals surface area contributed by atoms with Crippen molar-refractivity contribution in [3.8, 4) is 0 Å². The topological polar surface area (TPSA) is 93.7 Å². The fraction of sp³-hybridized carbons (Fsp3) is 0.812. The van der Waals surface area contributed by atoms with E-state index in [0.717, 1.165) is 6.42 Å². The average Bonchev–Trinajstić information content (AvgIpc) is 2.44. The molecule has 0 radical (unpaired) electrons. The van der Waals surface area contributed by atoms with Crippen molar-refractivity contribution >= 4 is 18.0 Å². The third kappa shape index (κ3) is 5.73. The zero-order chi connectivity index (χ0) is 17.5. The molecule has 1 rings (SSSR count). The normalized spacial score (nSPS) is 21.3. The lowest BCUT2D eigenvalue weighted by molar-refractivity contribution is -0.163. The quantitative estimate of drug-likeness (QED) is 0.440. The maximum Gasteiger partial charge on any atom is 0.407 e. The molecule has 2 amide bonds. The molecule has 132 valence electrons. The van der Waals surface area contributed by atoms with E-state index in [0.29, 0.717) is 32.4 Å².